The maximum atomic E-state index is 11.8. The molecule has 0 aliphatic carbocycles. The molecular weight excluding hydrogens is 405 g/mol. The van der Waals surface area contributed by atoms with Gasteiger partial charge in [-0.25, -0.2) is 0 Å². The molecular formula is C20H29B2O7P. The first-order chi connectivity index (χ1) is 14.6. The van der Waals surface area contributed by atoms with Crippen LogP contribution in [0.25, 0.3) is 0 Å². The van der Waals surface area contributed by atoms with Gasteiger partial charge in [0.15, 0.2) is 0 Å². The number of rotatable bonds is 10. The SMILES string of the molecule is C=CCO[C@@H]1O[C@@H]2COC(CP)O[C@H]2[C@H](B(C)B=O)[C@H]1OCc1ccc(OC)cc1. The fourth-order valence-corrected chi connectivity index (χ4v) is 4.13. The third kappa shape index (κ3) is 5.58. The molecule has 2 aliphatic rings. The Labute approximate surface area is 181 Å². The Hall–Kier alpha value is -1.08. The average Bonchev–Trinajstić information content (AvgIpc) is 2.80. The van der Waals surface area contributed by atoms with Crippen molar-refractivity contribution in [1.82, 2.24) is 0 Å². The van der Waals surface area contributed by atoms with E-state index < -0.39 is 12.4 Å². The van der Waals surface area contributed by atoms with Crippen LogP contribution >= 0.6 is 9.24 Å². The molecule has 0 amide bonds. The van der Waals surface area contributed by atoms with Crippen LogP contribution < -0.4 is 4.74 Å². The van der Waals surface area contributed by atoms with Gasteiger partial charge in [-0.15, -0.1) is 0 Å². The van der Waals surface area contributed by atoms with E-state index >= 15 is 0 Å². The molecule has 30 heavy (non-hydrogen) atoms. The number of fused-ring (bicyclic) bond motifs is 1. The Kier molecular flexibility index (Phi) is 9.05. The minimum atomic E-state index is -0.658. The third-order valence-corrected chi connectivity index (χ3v) is 5.84. The standard InChI is InChI=1S/C20H29B2O7P/c1-4-9-25-20-19(27-10-13-5-7-14(24-3)8-6-13)17(22(2)21-23)18-15(28-20)11-26-16(12-30)29-18/h4-8,15-20H,1,9-12,30H2,2-3H3/t15-,16?,17+,18-,19-,20-/m1/s1. The predicted octanol–water partition coefficient (Wildman–Crippen LogP) is 2.17. The Morgan fingerprint density at radius 3 is 2.70 bits per heavy atom. The first-order valence-corrected chi connectivity index (χ1v) is 11.0. The van der Waals surface area contributed by atoms with Gasteiger partial charge in [-0.1, -0.05) is 0 Å². The van der Waals surface area contributed by atoms with Gasteiger partial charge >= 0.3 is 181 Å². The molecule has 0 saturated carbocycles. The topological polar surface area (TPSA) is 72.5 Å². The van der Waals surface area contributed by atoms with Crippen molar-refractivity contribution in [2.75, 3.05) is 26.5 Å². The van der Waals surface area contributed by atoms with E-state index in [0.717, 1.165) is 18.4 Å². The van der Waals surface area contributed by atoms with Crippen molar-refractivity contribution in [2.45, 2.75) is 50.1 Å². The van der Waals surface area contributed by atoms with Crippen LogP contribution in [0.15, 0.2) is 36.9 Å². The van der Waals surface area contributed by atoms with Gasteiger partial charge in [0, 0.05) is 0 Å². The summed E-state index contributed by atoms with van der Waals surface area (Å²) in [6.45, 7) is 6.31. The van der Waals surface area contributed by atoms with Gasteiger partial charge in [0.05, 0.1) is 0 Å². The van der Waals surface area contributed by atoms with E-state index in [-0.39, 0.29) is 30.9 Å². The van der Waals surface area contributed by atoms with Gasteiger partial charge in [0.2, 0.25) is 0 Å². The zero-order chi connectivity index (χ0) is 21.5. The molecule has 0 aromatic heterocycles. The number of benzene rings is 1. The average molecular weight is 434 g/mol. The molecule has 7 atom stereocenters. The van der Waals surface area contributed by atoms with Crippen molar-refractivity contribution in [3.63, 3.8) is 0 Å². The van der Waals surface area contributed by atoms with E-state index in [1.165, 1.54) is 0 Å². The Morgan fingerprint density at radius 1 is 1.30 bits per heavy atom. The molecule has 2 unspecified atom stereocenters. The molecule has 1 aromatic carbocycles. The van der Waals surface area contributed by atoms with Crippen LogP contribution in [0, 0.1) is 0 Å². The van der Waals surface area contributed by atoms with Crippen LogP contribution in [0.4, 0.5) is 0 Å². The molecule has 2 heterocycles. The fraction of sp³-hybridized carbons (Fsp3) is 0.600. The van der Waals surface area contributed by atoms with E-state index in [2.05, 4.69) is 15.8 Å². The molecule has 1 aromatic rings. The summed E-state index contributed by atoms with van der Waals surface area (Å²) in [5, 5.41) is 0. The number of hydrogen-bond donors (Lipinski definition) is 0. The third-order valence-electron chi connectivity index (χ3n) is 5.45. The van der Waals surface area contributed by atoms with Crippen LogP contribution in [0.1, 0.15) is 5.56 Å². The van der Waals surface area contributed by atoms with E-state index in [9.17, 15) is 4.70 Å². The van der Waals surface area contributed by atoms with Crippen LogP contribution in [0.3, 0.4) is 0 Å². The van der Waals surface area contributed by atoms with Gasteiger partial charge in [0.1, 0.15) is 0 Å². The van der Waals surface area contributed by atoms with Crippen LogP contribution in [0.2, 0.25) is 12.6 Å². The summed E-state index contributed by atoms with van der Waals surface area (Å²) in [6.07, 6.45) is 0.140. The second-order valence-electron chi connectivity index (χ2n) is 7.46. The van der Waals surface area contributed by atoms with Crippen molar-refractivity contribution in [2.24, 2.45) is 0 Å². The van der Waals surface area contributed by atoms with Crippen molar-refractivity contribution in [3.05, 3.63) is 42.5 Å². The molecule has 0 N–H and O–H groups in total. The van der Waals surface area contributed by atoms with Crippen molar-refractivity contribution < 1.29 is 33.1 Å². The first kappa shape index (κ1) is 23.6. The number of hydrogen-bond acceptors (Lipinski definition) is 7. The Balaban J connectivity index is 1.82. The monoisotopic (exact) mass is 434 g/mol. The van der Waals surface area contributed by atoms with Gasteiger partial charge in [0.25, 0.3) is 0 Å². The summed E-state index contributed by atoms with van der Waals surface area (Å²) < 4.78 is 47.2. The van der Waals surface area contributed by atoms with Gasteiger partial charge in [-0.3, -0.25) is 0 Å². The first-order valence-electron chi connectivity index (χ1n) is 10.2. The second-order valence-corrected chi connectivity index (χ2v) is 7.93. The molecule has 0 radical (unpaired) electrons. The van der Waals surface area contributed by atoms with Crippen LogP contribution in [0.5, 0.6) is 5.75 Å². The molecule has 7 nitrogen and oxygen atoms in total. The summed E-state index contributed by atoms with van der Waals surface area (Å²) in [7, 11) is 5.19. The van der Waals surface area contributed by atoms with Gasteiger partial charge in [-0.05, 0) is 0 Å². The minimum absolute atomic E-state index is 0.239. The van der Waals surface area contributed by atoms with Crippen molar-refractivity contribution in [3.8, 4) is 5.75 Å². The quantitative estimate of drug-likeness (QED) is 0.318. The zero-order valence-corrected chi connectivity index (χ0v) is 18.6. The summed E-state index contributed by atoms with van der Waals surface area (Å²) >= 11 is 0. The van der Waals surface area contributed by atoms with E-state index in [1.807, 2.05) is 31.1 Å². The summed E-state index contributed by atoms with van der Waals surface area (Å²) in [6, 6.07) is 7.65. The molecule has 10 heteroatoms. The molecule has 0 spiro atoms. The van der Waals surface area contributed by atoms with Gasteiger partial charge < -0.3 is 0 Å². The number of ether oxygens (including phenoxy) is 6. The van der Waals surface area contributed by atoms with E-state index in [0.29, 0.717) is 26.0 Å². The molecule has 3 rings (SSSR count). The maximum absolute atomic E-state index is 11.8. The summed E-state index contributed by atoms with van der Waals surface area (Å²) in [5.41, 5.74) is 0.980. The Morgan fingerprint density at radius 2 is 2.07 bits per heavy atom. The molecule has 2 aliphatic heterocycles. The van der Waals surface area contributed by atoms with E-state index in [4.69, 9.17) is 28.4 Å². The van der Waals surface area contributed by atoms with E-state index in [1.54, 1.807) is 13.2 Å². The zero-order valence-electron chi connectivity index (χ0n) is 17.5. The molecule has 2 fully saturated rings. The van der Waals surface area contributed by atoms with Crippen LogP contribution in [-0.4, -0.2) is 71.0 Å². The Bertz CT molecular complexity index is 692. The van der Waals surface area contributed by atoms with Crippen LogP contribution in [-0.2, 0) is 35.0 Å². The predicted molar refractivity (Wildman–Crippen MR) is 117 cm³/mol. The summed E-state index contributed by atoms with van der Waals surface area (Å²) in [4.78, 5) is 0. The fourth-order valence-electron chi connectivity index (χ4n) is 3.89. The molecule has 162 valence electrons. The molecule has 0 bridgehead atoms. The second kappa shape index (κ2) is 11.5. The van der Waals surface area contributed by atoms with Gasteiger partial charge in [-0.2, -0.15) is 0 Å². The normalized spacial score (nSPS) is 30.8. The number of methoxy groups -OCH3 is 1. The molecule has 2 saturated heterocycles. The van der Waals surface area contributed by atoms with Crippen molar-refractivity contribution in [1.29, 1.82) is 0 Å². The van der Waals surface area contributed by atoms with Crippen molar-refractivity contribution >= 4 is 22.9 Å². The summed E-state index contributed by atoms with van der Waals surface area (Å²) in [5.74, 6) is 0.540.